The molecule has 4 aromatic heterocycles. The van der Waals surface area contributed by atoms with Gasteiger partial charge in [0.05, 0.1) is 22.9 Å². The quantitative estimate of drug-likeness (QED) is 0.386. The average molecular weight is 504 g/mol. The van der Waals surface area contributed by atoms with Crippen molar-refractivity contribution in [2.75, 3.05) is 24.5 Å². The van der Waals surface area contributed by atoms with Crippen molar-refractivity contribution in [1.82, 2.24) is 34.9 Å². The minimum absolute atomic E-state index is 0.206. The van der Waals surface area contributed by atoms with Crippen LogP contribution in [-0.2, 0) is 12.5 Å². The molecule has 36 heavy (non-hydrogen) atoms. The highest BCUT2D eigenvalue weighted by molar-refractivity contribution is 6.38. The maximum Gasteiger partial charge on any atom is 0.177 e. The predicted octanol–water partition coefficient (Wildman–Crippen LogP) is 3.45. The molecule has 7 rings (SSSR count). The third-order valence-electron chi connectivity index (χ3n) is 7.94. The van der Waals surface area contributed by atoms with E-state index in [0.29, 0.717) is 40.3 Å². The summed E-state index contributed by atoms with van der Waals surface area (Å²) in [5, 5.41) is 13.4. The SMILES string of the molecule is Cn1cc2c(Cl)c(-c3n[nH]c4nc(N5CCC6C(C5)C6(CN)c5ccc(F)cn5)cnc34)ccc2n1. The molecule has 3 atom stereocenters. The Labute approximate surface area is 210 Å². The summed E-state index contributed by atoms with van der Waals surface area (Å²) in [6.07, 6.45) is 5.93. The molecule has 182 valence electrons. The number of anilines is 1. The number of H-pyrrole nitrogens is 1. The molecule has 9 nitrogen and oxygen atoms in total. The molecule has 3 unspecified atom stereocenters. The summed E-state index contributed by atoms with van der Waals surface area (Å²) in [5.41, 5.74) is 10.5. The number of hydrogen-bond acceptors (Lipinski definition) is 7. The molecule has 1 saturated heterocycles. The number of nitrogens with two attached hydrogens (primary N) is 1. The summed E-state index contributed by atoms with van der Waals surface area (Å²) < 4.78 is 15.2. The van der Waals surface area contributed by atoms with Crippen LogP contribution in [-0.4, -0.2) is 54.6 Å². The number of aryl methyl sites for hydroxylation is 1. The number of pyridine rings is 1. The molecule has 2 fully saturated rings. The normalized spacial score (nSPS) is 23.4. The number of halogens is 2. The molecule has 1 aromatic carbocycles. The van der Waals surface area contributed by atoms with E-state index in [1.807, 2.05) is 25.4 Å². The van der Waals surface area contributed by atoms with E-state index in [-0.39, 0.29) is 11.2 Å². The zero-order chi connectivity index (χ0) is 24.6. The molecule has 5 heterocycles. The van der Waals surface area contributed by atoms with Gasteiger partial charge in [-0.1, -0.05) is 11.6 Å². The first-order valence-corrected chi connectivity index (χ1v) is 12.3. The number of nitrogens with zero attached hydrogens (tertiary/aromatic N) is 7. The van der Waals surface area contributed by atoms with Crippen LogP contribution in [0.4, 0.5) is 10.2 Å². The van der Waals surface area contributed by atoms with Gasteiger partial charge in [0.25, 0.3) is 0 Å². The summed E-state index contributed by atoms with van der Waals surface area (Å²) in [5.74, 6) is 1.24. The third kappa shape index (κ3) is 3.00. The highest BCUT2D eigenvalue weighted by Gasteiger charge is 2.66. The summed E-state index contributed by atoms with van der Waals surface area (Å²) in [7, 11) is 1.87. The zero-order valence-corrected chi connectivity index (χ0v) is 20.2. The molecule has 1 saturated carbocycles. The van der Waals surface area contributed by atoms with E-state index >= 15 is 0 Å². The molecular formula is C25H23ClFN9. The van der Waals surface area contributed by atoms with Crippen LogP contribution in [0.2, 0.25) is 5.02 Å². The van der Waals surface area contributed by atoms with Crippen molar-refractivity contribution >= 4 is 39.5 Å². The number of hydrogen-bond donors (Lipinski definition) is 2. The van der Waals surface area contributed by atoms with Gasteiger partial charge >= 0.3 is 0 Å². The lowest BCUT2D eigenvalue weighted by Crippen LogP contribution is -2.32. The predicted molar refractivity (Wildman–Crippen MR) is 135 cm³/mol. The van der Waals surface area contributed by atoms with Crippen LogP contribution in [0.1, 0.15) is 12.1 Å². The molecule has 0 spiro atoms. The van der Waals surface area contributed by atoms with Gasteiger partial charge in [0.2, 0.25) is 0 Å². The molecule has 5 aromatic rings. The zero-order valence-electron chi connectivity index (χ0n) is 19.5. The van der Waals surface area contributed by atoms with E-state index in [2.05, 4.69) is 25.2 Å². The fourth-order valence-corrected chi connectivity index (χ4v) is 6.42. The third-order valence-corrected chi connectivity index (χ3v) is 8.35. The molecule has 11 heteroatoms. The van der Waals surface area contributed by atoms with Crippen LogP contribution < -0.4 is 10.6 Å². The Balaban J connectivity index is 1.19. The Morgan fingerprint density at radius 3 is 2.89 bits per heavy atom. The van der Waals surface area contributed by atoms with Gasteiger partial charge in [0, 0.05) is 54.9 Å². The minimum Gasteiger partial charge on any atom is -0.355 e. The van der Waals surface area contributed by atoms with Crippen molar-refractivity contribution in [2.45, 2.75) is 11.8 Å². The van der Waals surface area contributed by atoms with Crippen molar-refractivity contribution in [2.24, 2.45) is 24.6 Å². The molecule has 3 N–H and O–H groups in total. The number of rotatable bonds is 4. The van der Waals surface area contributed by atoms with Crippen molar-refractivity contribution < 1.29 is 4.39 Å². The van der Waals surface area contributed by atoms with E-state index in [1.54, 1.807) is 16.9 Å². The second-order valence-electron chi connectivity index (χ2n) is 9.71. The van der Waals surface area contributed by atoms with E-state index in [0.717, 1.165) is 47.5 Å². The van der Waals surface area contributed by atoms with Gasteiger partial charge in [0.1, 0.15) is 22.8 Å². The van der Waals surface area contributed by atoms with Gasteiger partial charge in [-0.15, -0.1) is 0 Å². The lowest BCUT2D eigenvalue weighted by molar-refractivity contribution is 0.544. The number of benzene rings is 1. The van der Waals surface area contributed by atoms with E-state index in [1.165, 1.54) is 12.3 Å². The lowest BCUT2D eigenvalue weighted by atomic mass is 9.96. The fraction of sp³-hybridized carbons (Fsp3) is 0.320. The standard InChI is InChI=1S/C25H23ClFN9/c1-35-10-15-18(34-35)4-3-14(21(15)26)22-23-24(33-32-22)31-20(9-30-23)36-7-6-16-17(11-36)25(16,12-28)19-5-2-13(27)8-29-19/h2-5,8-10,16-17H,6-7,11-12,28H2,1H3,(H,31,32,33). The van der Waals surface area contributed by atoms with Gasteiger partial charge in [-0.25, -0.2) is 14.4 Å². The molecule has 0 bridgehead atoms. The number of piperidine rings is 1. The smallest absolute Gasteiger partial charge is 0.177 e. The number of fused-ring (bicyclic) bond motifs is 3. The monoisotopic (exact) mass is 503 g/mol. The lowest BCUT2D eigenvalue weighted by Gasteiger charge is -2.26. The molecular weight excluding hydrogens is 481 g/mol. The Morgan fingerprint density at radius 2 is 2.08 bits per heavy atom. The van der Waals surface area contributed by atoms with Crippen molar-refractivity contribution in [3.8, 4) is 11.3 Å². The second-order valence-corrected chi connectivity index (χ2v) is 10.1. The van der Waals surface area contributed by atoms with Crippen LogP contribution in [0, 0.1) is 17.7 Å². The Hall–Kier alpha value is -3.63. The molecule has 0 amide bonds. The summed E-state index contributed by atoms with van der Waals surface area (Å²) in [6, 6.07) is 7.08. The first-order chi connectivity index (χ1) is 17.5. The van der Waals surface area contributed by atoms with Crippen LogP contribution in [0.15, 0.2) is 42.9 Å². The fourth-order valence-electron chi connectivity index (χ4n) is 6.12. The summed E-state index contributed by atoms with van der Waals surface area (Å²) >= 11 is 6.72. The topological polar surface area (TPSA) is 114 Å². The largest absolute Gasteiger partial charge is 0.355 e. The van der Waals surface area contributed by atoms with Gasteiger partial charge in [-0.05, 0) is 42.5 Å². The Morgan fingerprint density at radius 1 is 1.19 bits per heavy atom. The molecule has 0 radical (unpaired) electrons. The van der Waals surface area contributed by atoms with Crippen molar-refractivity contribution in [3.05, 3.63) is 59.4 Å². The van der Waals surface area contributed by atoms with Gasteiger partial charge in [0.15, 0.2) is 5.65 Å². The summed E-state index contributed by atoms with van der Waals surface area (Å²) in [6.45, 7) is 2.13. The number of aromatic nitrogens is 7. The van der Waals surface area contributed by atoms with Crippen LogP contribution in [0.3, 0.4) is 0 Å². The van der Waals surface area contributed by atoms with Crippen LogP contribution in [0.5, 0.6) is 0 Å². The Bertz CT molecular complexity index is 1630. The molecule has 1 aliphatic heterocycles. The van der Waals surface area contributed by atoms with E-state index < -0.39 is 0 Å². The van der Waals surface area contributed by atoms with Crippen molar-refractivity contribution in [3.63, 3.8) is 0 Å². The van der Waals surface area contributed by atoms with Gasteiger partial charge in [-0.2, -0.15) is 10.2 Å². The maximum atomic E-state index is 13.4. The summed E-state index contributed by atoms with van der Waals surface area (Å²) in [4.78, 5) is 16.2. The second kappa shape index (κ2) is 7.68. The highest BCUT2D eigenvalue weighted by atomic mass is 35.5. The number of aromatic amines is 1. The van der Waals surface area contributed by atoms with E-state index in [9.17, 15) is 4.39 Å². The Kier molecular flexibility index (Phi) is 4.62. The van der Waals surface area contributed by atoms with Crippen molar-refractivity contribution in [1.29, 1.82) is 0 Å². The van der Waals surface area contributed by atoms with Crippen LogP contribution in [0.25, 0.3) is 33.3 Å². The van der Waals surface area contributed by atoms with Gasteiger partial charge in [-0.3, -0.25) is 14.8 Å². The van der Waals surface area contributed by atoms with E-state index in [4.69, 9.17) is 27.3 Å². The number of nitrogens with one attached hydrogen (secondary N) is 1. The maximum absolute atomic E-state index is 13.4. The molecule has 2 aliphatic rings. The average Bonchev–Trinajstić information content (AvgIpc) is 3.13. The first-order valence-electron chi connectivity index (χ1n) is 11.9. The van der Waals surface area contributed by atoms with Crippen LogP contribution >= 0.6 is 11.6 Å². The highest BCUT2D eigenvalue weighted by Crippen LogP contribution is 2.62. The van der Waals surface area contributed by atoms with Gasteiger partial charge < -0.3 is 10.6 Å². The minimum atomic E-state index is -0.333. The first kappa shape index (κ1) is 21.6. The molecule has 1 aliphatic carbocycles.